The van der Waals surface area contributed by atoms with Crippen molar-refractivity contribution < 1.29 is 5.11 Å². The number of aliphatic hydroxyl groups excluding tert-OH is 1. The largest absolute Gasteiger partial charge is 0.382 e. The molecule has 0 aliphatic heterocycles. The Morgan fingerprint density at radius 2 is 2.18 bits per heavy atom. The molecule has 1 N–H and O–H groups in total. The van der Waals surface area contributed by atoms with Gasteiger partial charge in [0.2, 0.25) is 0 Å². The van der Waals surface area contributed by atoms with Crippen molar-refractivity contribution in [1.82, 2.24) is 19.6 Å². The molecule has 17 heavy (non-hydrogen) atoms. The van der Waals surface area contributed by atoms with Gasteiger partial charge in [-0.15, -0.1) is 0 Å². The lowest BCUT2D eigenvalue weighted by Crippen LogP contribution is -2.09. The Balaban J connectivity index is 2.23. The Morgan fingerprint density at radius 1 is 1.35 bits per heavy atom. The monoisotopic (exact) mass is 234 g/mol. The summed E-state index contributed by atoms with van der Waals surface area (Å²) >= 11 is 0. The molecule has 0 aliphatic rings. The van der Waals surface area contributed by atoms with Crippen LogP contribution in [0, 0.1) is 0 Å². The second-order valence-electron chi connectivity index (χ2n) is 4.01. The van der Waals surface area contributed by atoms with Crippen LogP contribution in [0.1, 0.15) is 37.6 Å². The summed E-state index contributed by atoms with van der Waals surface area (Å²) in [4.78, 5) is 0. The van der Waals surface area contributed by atoms with Gasteiger partial charge in [0.1, 0.15) is 6.10 Å². The summed E-state index contributed by atoms with van der Waals surface area (Å²) in [6, 6.07) is 1.85. The van der Waals surface area contributed by atoms with Crippen LogP contribution in [0.25, 0.3) is 0 Å². The Bertz CT molecular complexity index is 474. The minimum Gasteiger partial charge on any atom is -0.382 e. The average Bonchev–Trinajstić information content (AvgIpc) is 2.97. The molecule has 0 bridgehead atoms. The first kappa shape index (κ1) is 11.9. The molecule has 92 valence electrons. The highest BCUT2D eigenvalue weighted by Crippen LogP contribution is 2.21. The molecule has 2 rings (SSSR count). The molecule has 5 heteroatoms. The van der Waals surface area contributed by atoms with E-state index in [1.165, 1.54) is 0 Å². The zero-order valence-corrected chi connectivity index (χ0v) is 10.2. The quantitative estimate of drug-likeness (QED) is 0.854. The number of aryl methyl sites for hydroxylation is 2. The van der Waals surface area contributed by atoms with Crippen LogP contribution in [0.5, 0.6) is 0 Å². The molecular weight excluding hydrogens is 216 g/mol. The number of rotatable bonds is 5. The second-order valence-corrected chi connectivity index (χ2v) is 4.01. The molecular formula is C12H18N4O. The summed E-state index contributed by atoms with van der Waals surface area (Å²) in [5.41, 5.74) is 1.63. The molecule has 5 nitrogen and oxygen atoms in total. The van der Waals surface area contributed by atoms with E-state index >= 15 is 0 Å². The molecule has 0 radical (unpaired) electrons. The summed E-state index contributed by atoms with van der Waals surface area (Å²) in [6.07, 6.45) is 5.64. The smallest absolute Gasteiger partial charge is 0.124 e. The second kappa shape index (κ2) is 5.14. The van der Waals surface area contributed by atoms with E-state index in [1.54, 1.807) is 17.1 Å². The van der Waals surface area contributed by atoms with Crippen molar-refractivity contribution in [2.45, 2.75) is 39.5 Å². The first-order valence-electron chi connectivity index (χ1n) is 5.98. The van der Waals surface area contributed by atoms with Gasteiger partial charge >= 0.3 is 0 Å². The molecule has 0 aromatic carbocycles. The third kappa shape index (κ3) is 2.39. The molecule has 2 aromatic rings. The van der Waals surface area contributed by atoms with Gasteiger partial charge in [-0.1, -0.05) is 6.92 Å². The van der Waals surface area contributed by atoms with E-state index < -0.39 is 6.10 Å². The highest BCUT2D eigenvalue weighted by Gasteiger charge is 2.16. The van der Waals surface area contributed by atoms with Gasteiger partial charge in [-0.2, -0.15) is 10.2 Å². The average molecular weight is 234 g/mol. The molecule has 0 fully saturated rings. The van der Waals surface area contributed by atoms with E-state index in [0.717, 1.165) is 30.8 Å². The number of aromatic nitrogens is 4. The van der Waals surface area contributed by atoms with Crippen molar-refractivity contribution in [3.63, 3.8) is 0 Å². The van der Waals surface area contributed by atoms with Crippen LogP contribution in [0.2, 0.25) is 0 Å². The van der Waals surface area contributed by atoms with E-state index in [0.29, 0.717) is 0 Å². The van der Waals surface area contributed by atoms with E-state index in [1.807, 2.05) is 23.9 Å². The van der Waals surface area contributed by atoms with Crippen molar-refractivity contribution in [2.75, 3.05) is 0 Å². The Kier molecular flexibility index (Phi) is 3.58. The fraction of sp³-hybridized carbons (Fsp3) is 0.500. The van der Waals surface area contributed by atoms with Gasteiger partial charge in [-0.3, -0.25) is 9.36 Å². The maximum atomic E-state index is 10.3. The summed E-state index contributed by atoms with van der Waals surface area (Å²) in [5.74, 6) is 0. The minimum atomic E-state index is -0.649. The highest BCUT2D eigenvalue weighted by molar-refractivity contribution is 5.20. The normalized spacial score (nSPS) is 12.9. The summed E-state index contributed by atoms with van der Waals surface area (Å²) in [6.45, 7) is 5.74. The maximum Gasteiger partial charge on any atom is 0.124 e. The van der Waals surface area contributed by atoms with E-state index in [4.69, 9.17) is 0 Å². The Labute approximate surface area is 101 Å². The van der Waals surface area contributed by atoms with Gasteiger partial charge in [0.05, 0.1) is 11.9 Å². The number of hydrogen-bond acceptors (Lipinski definition) is 3. The number of nitrogens with zero attached hydrogens (tertiary/aromatic N) is 4. The number of hydrogen-bond donors (Lipinski definition) is 1. The zero-order valence-electron chi connectivity index (χ0n) is 10.2. The molecule has 0 saturated carbocycles. The lowest BCUT2D eigenvalue weighted by molar-refractivity contribution is 0.207. The highest BCUT2D eigenvalue weighted by atomic mass is 16.3. The van der Waals surface area contributed by atoms with Crippen LogP contribution >= 0.6 is 0 Å². The summed E-state index contributed by atoms with van der Waals surface area (Å²) in [5, 5.41) is 18.7. The summed E-state index contributed by atoms with van der Waals surface area (Å²) in [7, 11) is 0. The predicted octanol–water partition coefficient (Wildman–Crippen LogP) is 1.59. The topological polar surface area (TPSA) is 55.9 Å². The van der Waals surface area contributed by atoms with Crippen LogP contribution in [-0.4, -0.2) is 24.7 Å². The first-order valence-corrected chi connectivity index (χ1v) is 5.98. The minimum absolute atomic E-state index is 0.649. The van der Waals surface area contributed by atoms with E-state index in [9.17, 15) is 5.11 Å². The molecule has 0 spiro atoms. The zero-order chi connectivity index (χ0) is 12.3. The Morgan fingerprint density at radius 3 is 2.82 bits per heavy atom. The van der Waals surface area contributed by atoms with E-state index in [2.05, 4.69) is 17.1 Å². The van der Waals surface area contributed by atoms with Gasteiger partial charge in [0.15, 0.2) is 0 Å². The molecule has 2 heterocycles. The maximum absolute atomic E-state index is 10.3. The third-order valence-corrected chi connectivity index (χ3v) is 2.76. The number of aliphatic hydroxyl groups is 1. The molecule has 1 atom stereocenters. The van der Waals surface area contributed by atoms with Crippen LogP contribution in [-0.2, 0) is 13.1 Å². The van der Waals surface area contributed by atoms with Gasteiger partial charge in [0.25, 0.3) is 0 Å². The van der Waals surface area contributed by atoms with Gasteiger partial charge in [0, 0.05) is 31.0 Å². The third-order valence-electron chi connectivity index (χ3n) is 2.76. The predicted molar refractivity (Wildman–Crippen MR) is 64.5 cm³/mol. The van der Waals surface area contributed by atoms with Crippen LogP contribution in [0.4, 0.5) is 0 Å². The van der Waals surface area contributed by atoms with Crippen molar-refractivity contribution in [2.24, 2.45) is 0 Å². The van der Waals surface area contributed by atoms with Gasteiger partial charge in [-0.05, 0) is 19.4 Å². The summed E-state index contributed by atoms with van der Waals surface area (Å²) < 4.78 is 3.65. The van der Waals surface area contributed by atoms with Crippen LogP contribution < -0.4 is 0 Å². The Hall–Kier alpha value is -1.62. The molecule has 0 amide bonds. The van der Waals surface area contributed by atoms with Gasteiger partial charge in [-0.25, -0.2) is 0 Å². The van der Waals surface area contributed by atoms with Crippen LogP contribution in [0.15, 0.2) is 24.7 Å². The van der Waals surface area contributed by atoms with Gasteiger partial charge < -0.3 is 5.11 Å². The fourth-order valence-electron chi connectivity index (χ4n) is 1.84. The van der Waals surface area contributed by atoms with Crippen molar-refractivity contribution in [1.29, 1.82) is 0 Å². The lowest BCUT2D eigenvalue weighted by Gasteiger charge is -2.11. The van der Waals surface area contributed by atoms with Crippen molar-refractivity contribution >= 4 is 0 Å². The molecule has 0 aliphatic carbocycles. The molecule has 1 unspecified atom stereocenters. The lowest BCUT2D eigenvalue weighted by atomic mass is 10.1. The molecule has 0 saturated heterocycles. The molecule has 2 aromatic heterocycles. The van der Waals surface area contributed by atoms with E-state index in [-0.39, 0.29) is 0 Å². The SMILES string of the molecule is CCCn1nccc1C(O)c1cnn(CC)c1. The standard InChI is InChI=1S/C12H18N4O/c1-3-7-16-11(5-6-13-16)12(17)10-8-14-15(4-2)9-10/h5-6,8-9,12,17H,3-4,7H2,1-2H3. The fourth-order valence-corrected chi connectivity index (χ4v) is 1.84. The van der Waals surface area contributed by atoms with Crippen molar-refractivity contribution in [3.05, 3.63) is 35.9 Å². The first-order chi connectivity index (χ1) is 8.26. The van der Waals surface area contributed by atoms with Crippen molar-refractivity contribution in [3.8, 4) is 0 Å². The van der Waals surface area contributed by atoms with Crippen LogP contribution in [0.3, 0.4) is 0 Å².